The Morgan fingerprint density at radius 2 is 2.21 bits per heavy atom. The summed E-state index contributed by atoms with van der Waals surface area (Å²) in [6.07, 6.45) is 4.59. The van der Waals surface area contributed by atoms with E-state index in [4.69, 9.17) is 0 Å². The van der Waals surface area contributed by atoms with E-state index in [1.807, 2.05) is 6.92 Å². The Kier molecular flexibility index (Phi) is 4.09. The maximum absolute atomic E-state index is 12.3. The SMILES string of the molecule is CCCC1NC(=O)C(C)N(Cc2ccncn2)C1=O. The minimum atomic E-state index is -0.462. The fraction of sp³-hybridized carbons (Fsp3) is 0.538. The molecule has 2 rings (SSSR count). The Balaban J connectivity index is 2.16. The number of amides is 2. The van der Waals surface area contributed by atoms with Gasteiger partial charge < -0.3 is 10.2 Å². The van der Waals surface area contributed by atoms with Gasteiger partial charge >= 0.3 is 0 Å². The van der Waals surface area contributed by atoms with Gasteiger partial charge in [-0.3, -0.25) is 9.59 Å². The highest BCUT2D eigenvalue weighted by molar-refractivity contribution is 5.96. The van der Waals surface area contributed by atoms with Crippen molar-refractivity contribution >= 4 is 11.8 Å². The summed E-state index contributed by atoms with van der Waals surface area (Å²) in [5.74, 6) is -0.139. The summed E-state index contributed by atoms with van der Waals surface area (Å²) in [5, 5.41) is 2.77. The third kappa shape index (κ3) is 2.89. The lowest BCUT2D eigenvalue weighted by molar-refractivity contribution is -0.149. The maximum atomic E-state index is 12.3. The molecule has 0 radical (unpaired) electrons. The van der Waals surface area contributed by atoms with Crippen LogP contribution in [0.25, 0.3) is 0 Å². The predicted octanol–water partition coefficient (Wildman–Crippen LogP) is 0.492. The van der Waals surface area contributed by atoms with Crippen molar-refractivity contribution in [3.63, 3.8) is 0 Å². The van der Waals surface area contributed by atoms with Crippen LogP contribution in [0.1, 0.15) is 32.4 Å². The average Bonchev–Trinajstić information content (AvgIpc) is 2.42. The molecule has 6 heteroatoms. The number of nitrogens with zero attached hydrogens (tertiary/aromatic N) is 3. The summed E-state index contributed by atoms with van der Waals surface area (Å²) in [6, 6.07) is 0.882. The summed E-state index contributed by atoms with van der Waals surface area (Å²) in [4.78, 5) is 33.8. The summed E-state index contributed by atoms with van der Waals surface area (Å²) in [6.45, 7) is 4.07. The van der Waals surface area contributed by atoms with E-state index in [1.165, 1.54) is 6.33 Å². The fourth-order valence-corrected chi connectivity index (χ4v) is 2.17. The van der Waals surface area contributed by atoms with Crippen LogP contribution in [0.3, 0.4) is 0 Å². The second kappa shape index (κ2) is 5.77. The number of carbonyl (C=O) groups is 2. The lowest BCUT2D eigenvalue weighted by Crippen LogP contribution is -2.61. The molecule has 1 aromatic heterocycles. The molecular formula is C13H18N4O2. The second-order valence-electron chi connectivity index (χ2n) is 4.69. The molecule has 1 aliphatic heterocycles. The van der Waals surface area contributed by atoms with Crippen molar-refractivity contribution in [3.05, 3.63) is 24.3 Å². The van der Waals surface area contributed by atoms with Crippen molar-refractivity contribution < 1.29 is 9.59 Å². The molecule has 1 saturated heterocycles. The average molecular weight is 262 g/mol. The van der Waals surface area contributed by atoms with Gasteiger partial charge in [0, 0.05) is 6.20 Å². The summed E-state index contributed by atoms with van der Waals surface area (Å²) in [7, 11) is 0. The van der Waals surface area contributed by atoms with Gasteiger partial charge in [-0.2, -0.15) is 0 Å². The summed E-state index contributed by atoms with van der Waals surface area (Å²) < 4.78 is 0. The van der Waals surface area contributed by atoms with Gasteiger partial charge in [-0.05, 0) is 19.4 Å². The third-order valence-corrected chi connectivity index (χ3v) is 3.30. The molecule has 19 heavy (non-hydrogen) atoms. The van der Waals surface area contributed by atoms with E-state index >= 15 is 0 Å². The van der Waals surface area contributed by atoms with Crippen LogP contribution in [0.2, 0.25) is 0 Å². The van der Waals surface area contributed by atoms with Crippen molar-refractivity contribution in [2.75, 3.05) is 0 Å². The Labute approximate surface area is 112 Å². The number of carbonyl (C=O) groups excluding carboxylic acids is 2. The molecule has 1 fully saturated rings. The normalized spacial score (nSPS) is 23.4. The number of piperazine rings is 1. The highest BCUT2D eigenvalue weighted by atomic mass is 16.2. The zero-order valence-electron chi connectivity index (χ0n) is 11.2. The van der Waals surface area contributed by atoms with Gasteiger partial charge in [0.2, 0.25) is 11.8 Å². The molecular weight excluding hydrogens is 244 g/mol. The number of hydrogen-bond acceptors (Lipinski definition) is 4. The van der Waals surface area contributed by atoms with Crippen LogP contribution >= 0.6 is 0 Å². The molecule has 0 aromatic carbocycles. The van der Waals surface area contributed by atoms with Gasteiger partial charge in [0.1, 0.15) is 18.4 Å². The molecule has 1 N–H and O–H groups in total. The van der Waals surface area contributed by atoms with E-state index in [2.05, 4.69) is 15.3 Å². The Bertz CT molecular complexity index is 463. The number of hydrogen-bond donors (Lipinski definition) is 1. The van der Waals surface area contributed by atoms with Crippen molar-refractivity contribution in [1.82, 2.24) is 20.2 Å². The van der Waals surface area contributed by atoms with Gasteiger partial charge in [-0.25, -0.2) is 9.97 Å². The zero-order chi connectivity index (χ0) is 13.8. The molecule has 2 heterocycles. The zero-order valence-corrected chi connectivity index (χ0v) is 11.2. The first-order valence-corrected chi connectivity index (χ1v) is 6.49. The van der Waals surface area contributed by atoms with Gasteiger partial charge in [0.15, 0.2) is 0 Å². The molecule has 1 aliphatic rings. The number of rotatable bonds is 4. The van der Waals surface area contributed by atoms with Crippen molar-refractivity contribution in [1.29, 1.82) is 0 Å². The largest absolute Gasteiger partial charge is 0.343 e. The van der Waals surface area contributed by atoms with Crippen molar-refractivity contribution in [3.8, 4) is 0 Å². The molecule has 102 valence electrons. The Hall–Kier alpha value is -1.98. The summed E-state index contributed by atoms with van der Waals surface area (Å²) >= 11 is 0. The second-order valence-corrected chi connectivity index (χ2v) is 4.69. The van der Waals surface area contributed by atoms with E-state index in [0.29, 0.717) is 13.0 Å². The minimum Gasteiger partial charge on any atom is -0.343 e. The molecule has 2 atom stereocenters. The lowest BCUT2D eigenvalue weighted by Gasteiger charge is -2.37. The third-order valence-electron chi connectivity index (χ3n) is 3.30. The number of aromatic nitrogens is 2. The van der Waals surface area contributed by atoms with E-state index in [1.54, 1.807) is 24.1 Å². The van der Waals surface area contributed by atoms with Crippen LogP contribution in [-0.4, -0.2) is 38.8 Å². The molecule has 6 nitrogen and oxygen atoms in total. The van der Waals surface area contributed by atoms with Crippen molar-refractivity contribution in [2.45, 2.75) is 45.3 Å². The molecule has 0 aliphatic carbocycles. The molecule has 0 spiro atoms. The van der Waals surface area contributed by atoms with Crippen molar-refractivity contribution in [2.24, 2.45) is 0 Å². The van der Waals surface area contributed by atoms with Gasteiger partial charge in [-0.15, -0.1) is 0 Å². The first kappa shape index (κ1) is 13.5. The molecule has 1 aromatic rings. The van der Waals surface area contributed by atoms with E-state index in [-0.39, 0.29) is 11.8 Å². The van der Waals surface area contributed by atoms with E-state index < -0.39 is 12.1 Å². The van der Waals surface area contributed by atoms with E-state index in [9.17, 15) is 9.59 Å². The molecule has 2 unspecified atom stereocenters. The number of nitrogens with one attached hydrogen (secondary N) is 1. The Morgan fingerprint density at radius 3 is 2.84 bits per heavy atom. The topological polar surface area (TPSA) is 75.2 Å². The van der Waals surface area contributed by atoms with Gasteiger partial charge in [0.05, 0.1) is 12.2 Å². The van der Waals surface area contributed by atoms with Crippen LogP contribution in [0.4, 0.5) is 0 Å². The first-order chi connectivity index (χ1) is 9.13. The summed E-state index contributed by atoms with van der Waals surface area (Å²) in [5.41, 5.74) is 0.736. The molecule has 0 bridgehead atoms. The predicted molar refractivity (Wildman–Crippen MR) is 68.9 cm³/mol. The smallest absolute Gasteiger partial charge is 0.246 e. The minimum absolute atomic E-state index is 0.0347. The quantitative estimate of drug-likeness (QED) is 0.857. The molecule has 2 amide bonds. The first-order valence-electron chi connectivity index (χ1n) is 6.49. The van der Waals surface area contributed by atoms with Crippen LogP contribution in [-0.2, 0) is 16.1 Å². The van der Waals surface area contributed by atoms with Crippen LogP contribution in [0.15, 0.2) is 18.6 Å². The standard InChI is InChI=1S/C13H18N4O2/c1-3-4-11-13(19)17(9(2)12(18)16-11)7-10-5-6-14-8-15-10/h5-6,8-9,11H,3-4,7H2,1-2H3,(H,16,18). The fourth-order valence-electron chi connectivity index (χ4n) is 2.17. The van der Waals surface area contributed by atoms with Crippen LogP contribution in [0, 0.1) is 0 Å². The van der Waals surface area contributed by atoms with Crippen LogP contribution < -0.4 is 5.32 Å². The van der Waals surface area contributed by atoms with Gasteiger partial charge in [-0.1, -0.05) is 13.3 Å². The lowest BCUT2D eigenvalue weighted by atomic mass is 10.0. The van der Waals surface area contributed by atoms with E-state index in [0.717, 1.165) is 12.1 Å². The maximum Gasteiger partial charge on any atom is 0.246 e. The highest BCUT2D eigenvalue weighted by Crippen LogP contribution is 2.15. The Morgan fingerprint density at radius 1 is 1.42 bits per heavy atom. The monoisotopic (exact) mass is 262 g/mol. The van der Waals surface area contributed by atoms with Crippen LogP contribution in [0.5, 0.6) is 0 Å². The van der Waals surface area contributed by atoms with Gasteiger partial charge in [0.25, 0.3) is 0 Å². The highest BCUT2D eigenvalue weighted by Gasteiger charge is 2.37. The molecule has 0 saturated carbocycles.